The molecule has 1 aromatic heterocycles. The summed E-state index contributed by atoms with van der Waals surface area (Å²) in [5, 5.41) is 7.96. The zero-order valence-electron chi connectivity index (χ0n) is 14.8. The molecule has 0 radical (unpaired) electrons. The van der Waals surface area contributed by atoms with Gasteiger partial charge in [0.15, 0.2) is 0 Å². The van der Waals surface area contributed by atoms with E-state index in [1.807, 2.05) is 32.9 Å². The van der Waals surface area contributed by atoms with E-state index in [1.165, 1.54) is 16.8 Å². The maximum atomic E-state index is 13.2. The van der Waals surface area contributed by atoms with Crippen LogP contribution in [-0.4, -0.2) is 21.2 Å². The molecule has 3 rings (SSSR count). The van der Waals surface area contributed by atoms with Crippen molar-refractivity contribution in [2.45, 2.75) is 26.3 Å². The highest BCUT2D eigenvalue weighted by molar-refractivity contribution is 6.32. The van der Waals surface area contributed by atoms with Crippen LogP contribution in [0.25, 0.3) is 16.9 Å². The standard InChI is InChI=1S/C20H19ClFN3O/c1-20(2,3)23-19(26)18-12-16(13-8-10-14(22)11-9-13)24-25(18)17-7-5-4-6-15(17)21/h4-12H,1-3H3,(H,23,26). The Hall–Kier alpha value is -2.66. The molecule has 3 aromatic rings. The molecule has 0 unspecified atom stereocenters. The van der Waals surface area contributed by atoms with Gasteiger partial charge in [-0.2, -0.15) is 5.10 Å². The van der Waals surface area contributed by atoms with E-state index in [4.69, 9.17) is 11.6 Å². The number of hydrogen-bond acceptors (Lipinski definition) is 2. The maximum absolute atomic E-state index is 13.2. The number of benzene rings is 2. The molecule has 0 fully saturated rings. The van der Waals surface area contributed by atoms with Gasteiger partial charge in [0.2, 0.25) is 0 Å². The zero-order chi connectivity index (χ0) is 18.9. The molecular formula is C20H19ClFN3O. The number of rotatable bonds is 3. The highest BCUT2D eigenvalue weighted by Crippen LogP contribution is 2.26. The molecule has 1 heterocycles. The van der Waals surface area contributed by atoms with Crippen LogP contribution in [0.5, 0.6) is 0 Å². The largest absolute Gasteiger partial charge is 0.346 e. The second-order valence-electron chi connectivity index (χ2n) is 6.99. The molecule has 0 bridgehead atoms. The Morgan fingerprint density at radius 2 is 1.77 bits per heavy atom. The summed E-state index contributed by atoms with van der Waals surface area (Å²) in [5.74, 6) is -0.594. The first kappa shape index (κ1) is 18.1. The third-order valence-corrected chi connectivity index (χ3v) is 3.97. The van der Waals surface area contributed by atoms with Crippen molar-refractivity contribution in [1.82, 2.24) is 15.1 Å². The molecule has 134 valence electrons. The summed E-state index contributed by atoms with van der Waals surface area (Å²) in [6, 6.07) is 14.8. The van der Waals surface area contributed by atoms with Crippen molar-refractivity contribution < 1.29 is 9.18 Å². The number of para-hydroxylation sites is 1. The molecule has 0 spiro atoms. The third kappa shape index (κ3) is 3.94. The van der Waals surface area contributed by atoms with Crippen molar-refractivity contribution in [3.63, 3.8) is 0 Å². The molecule has 6 heteroatoms. The van der Waals surface area contributed by atoms with Gasteiger partial charge in [0, 0.05) is 11.1 Å². The monoisotopic (exact) mass is 371 g/mol. The molecule has 0 atom stereocenters. The lowest BCUT2D eigenvalue weighted by Crippen LogP contribution is -2.41. The molecule has 0 aliphatic carbocycles. The molecule has 1 amide bonds. The summed E-state index contributed by atoms with van der Waals surface area (Å²) < 4.78 is 14.7. The normalized spacial score (nSPS) is 11.4. The van der Waals surface area contributed by atoms with Gasteiger partial charge in [0.05, 0.1) is 16.4 Å². The predicted molar refractivity (Wildman–Crippen MR) is 101 cm³/mol. The number of carbonyl (C=O) groups is 1. The Morgan fingerprint density at radius 3 is 2.38 bits per heavy atom. The Kier molecular flexibility index (Phi) is 4.83. The molecule has 1 N–H and O–H groups in total. The third-order valence-electron chi connectivity index (χ3n) is 3.65. The summed E-state index contributed by atoms with van der Waals surface area (Å²) in [5.41, 5.74) is 1.82. The summed E-state index contributed by atoms with van der Waals surface area (Å²) in [6.45, 7) is 5.71. The lowest BCUT2D eigenvalue weighted by atomic mass is 10.1. The number of halogens is 2. The van der Waals surface area contributed by atoms with Gasteiger partial charge in [-0.15, -0.1) is 0 Å². The van der Waals surface area contributed by atoms with Crippen LogP contribution in [0.3, 0.4) is 0 Å². The fraction of sp³-hybridized carbons (Fsp3) is 0.200. The van der Waals surface area contributed by atoms with Crippen LogP contribution in [0.15, 0.2) is 54.6 Å². The predicted octanol–water partition coefficient (Wildman–Crippen LogP) is 4.86. The number of nitrogens with zero attached hydrogens (tertiary/aromatic N) is 2. The molecule has 0 aliphatic rings. The quantitative estimate of drug-likeness (QED) is 0.714. The highest BCUT2D eigenvalue weighted by atomic mass is 35.5. The van der Waals surface area contributed by atoms with Gasteiger partial charge in [-0.25, -0.2) is 9.07 Å². The number of aromatic nitrogens is 2. The van der Waals surface area contributed by atoms with Gasteiger partial charge in [0.25, 0.3) is 5.91 Å². The second-order valence-corrected chi connectivity index (χ2v) is 7.40. The number of nitrogens with one attached hydrogen (secondary N) is 1. The number of amides is 1. The van der Waals surface area contributed by atoms with Crippen LogP contribution in [0.1, 0.15) is 31.3 Å². The van der Waals surface area contributed by atoms with E-state index in [0.29, 0.717) is 27.7 Å². The van der Waals surface area contributed by atoms with E-state index < -0.39 is 5.54 Å². The summed E-state index contributed by atoms with van der Waals surface area (Å²) in [7, 11) is 0. The van der Waals surface area contributed by atoms with Crippen molar-refractivity contribution in [3.05, 3.63) is 71.1 Å². The van der Waals surface area contributed by atoms with Crippen molar-refractivity contribution in [3.8, 4) is 16.9 Å². The van der Waals surface area contributed by atoms with Crippen LogP contribution < -0.4 is 5.32 Å². The van der Waals surface area contributed by atoms with E-state index in [1.54, 1.807) is 30.3 Å². The lowest BCUT2D eigenvalue weighted by molar-refractivity contribution is 0.0911. The van der Waals surface area contributed by atoms with Crippen LogP contribution in [0.4, 0.5) is 4.39 Å². The average molecular weight is 372 g/mol. The molecule has 0 saturated heterocycles. The van der Waals surface area contributed by atoms with Crippen molar-refractivity contribution >= 4 is 17.5 Å². The van der Waals surface area contributed by atoms with Gasteiger partial charge >= 0.3 is 0 Å². The van der Waals surface area contributed by atoms with E-state index in [-0.39, 0.29) is 11.7 Å². The van der Waals surface area contributed by atoms with Crippen LogP contribution >= 0.6 is 11.6 Å². The topological polar surface area (TPSA) is 46.9 Å². The first-order chi connectivity index (χ1) is 12.2. The average Bonchev–Trinajstić information content (AvgIpc) is 2.99. The summed E-state index contributed by atoms with van der Waals surface area (Å²) in [6.07, 6.45) is 0. The molecule has 0 saturated carbocycles. The van der Waals surface area contributed by atoms with Crippen molar-refractivity contribution in [2.24, 2.45) is 0 Å². The van der Waals surface area contributed by atoms with E-state index in [0.717, 1.165) is 0 Å². The fourth-order valence-corrected chi connectivity index (χ4v) is 2.73. The van der Waals surface area contributed by atoms with Gasteiger partial charge in [-0.05, 0) is 63.2 Å². The lowest BCUT2D eigenvalue weighted by Gasteiger charge is -2.20. The number of hydrogen-bond donors (Lipinski definition) is 1. The second kappa shape index (κ2) is 6.92. The summed E-state index contributed by atoms with van der Waals surface area (Å²) in [4.78, 5) is 12.8. The fourth-order valence-electron chi connectivity index (χ4n) is 2.52. The SMILES string of the molecule is CC(C)(C)NC(=O)c1cc(-c2ccc(F)cc2)nn1-c1ccccc1Cl. The Bertz CT molecular complexity index is 942. The molecule has 0 aliphatic heterocycles. The minimum atomic E-state index is -0.400. The molecular weight excluding hydrogens is 353 g/mol. The maximum Gasteiger partial charge on any atom is 0.270 e. The molecule has 26 heavy (non-hydrogen) atoms. The van der Waals surface area contributed by atoms with Crippen LogP contribution in [-0.2, 0) is 0 Å². The highest BCUT2D eigenvalue weighted by Gasteiger charge is 2.22. The number of carbonyl (C=O) groups excluding carboxylic acids is 1. The Morgan fingerprint density at radius 1 is 1.12 bits per heavy atom. The Balaban J connectivity index is 2.13. The van der Waals surface area contributed by atoms with Crippen molar-refractivity contribution in [2.75, 3.05) is 0 Å². The minimum absolute atomic E-state index is 0.265. The smallest absolute Gasteiger partial charge is 0.270 e. The zero-order valence-corrected chi connectivity index (χ0v) is 15.5. The van der Waals surface area contributed by atoms with Crippen LogP contribution in [0.2, 0.25) is 5.02 Å². The van der Waals surface area contributed by atoms with Gasteiger partial charge in [0.1, 0.15) is 11.5 Å². The first-order valence-electron chi connectivity index (χ1n) is 8.18. The molecule has 2 aromatic carbocycles. The van der Waals surface area contributed by atoms with Crippen LogP contribution in [0, 0.1) is 5.82 Å². The first-order valence-corrected chi connectivity index (χ1v) is 8.56. The van der Waals surface area contributed by atoms with Gasteiger partial charge in [-0.1, -0.05) is 23.7 Å². The van der Waals surface area contributed by atoms with Crippen molar-refractivity contribution in [1.29, 1.82) is 0 Å². The van der Waals surface area contributed by atoms with E-state index in [2.05, 4.69) is 10.4 Å². The van der Waals surface area contributed by atoms with Gasteiger partial charge in [-0.3, -0.25) is 4.79 Å². The summed E-state index contributed by atoms with van der Waals surface area (Å²) >= 11 is 6.30. The minimum Gasteiger partial charge on any atom is -0.346 e. The molecule has 4 nitrogen and oxygen atoms in total. The Labute approximate surface area is 156 Å². The van der Waals surface area contributed by atoms with E-state index >= 15 is 0 Å². The van der Waals surface area contributed by atoms with E-state index in [9.17, 15) is 9.18 Å². The van der Waals surface area contributed by atoms with Gasteiger partial charge < -0.3 is 5.32 Å².